The number of thioether (sulfide) groups is 1. The second-order valence-electron chi connectivity index (χ2n) is 6.69. The predicted molar refractivity (Wildman–Crippen MR) is 102 cm³/mol. The standard InChI is InChI=1S/C17H20N6O2S/c1-6-9-21-15(25)11-10-18-16(26-5)19-14(11)22(21)12-7-8-13(24)23(20-12)17(2,3)4/h6-8,10H,1,9H2,2-5H3. The maximum absolute atomic E-state index is 12.8. The second-order valence-corrected chi connectivity index (χ2v) is 7.47. The Morgan fingerprint density at radius 3 is 2.62 bits per heavy atom. The van der Waals surface area contributed by atoms with Crippen LogP contribution < -0.4 is 11.1 Å². The molecule has 26 heavy (non-hydrogen) atoms. The van der Waals surface area contributed by atoms with Gasteiger partial charge in [-0.1, -0.05) is 17.8 Å². The maximum Gasteiger partial charge on any atom is 0.278 e. The van der Waals surface area contributed by atoms with Crippen LogP contribution in [0.5, 0.6) is 0 Å². The van der Waals surface area contributed by atoms with Crippen LogP contribution in [0.3, 0.4) is 0 Å². The quantitative estimate of drug-likeness (QED) is 0.394. The third kappa shape index (κ3) is 2.98. The molecule has 0 spiro atoms. The highest BCUT2D eigenvalue weighted by Crippen LogP contribution is 2.17. The smallest absolute Gasteiger partial charge is 0.268 e. The van der Waals surface area contributed by atoms with Gasteiger partial charge in [0.05, 0.1) is 12.1 Å². The summed E-state index contributed by atoms with van der Waals surface area (Å²) in [5, 5.41) is 5.42. The van der Waals surface area contributed by atoms with Crippen molar-refractivity contribution in [1.29, 1.82) is 0 Å². The monoisotopic (exact) mass is 372 g/mol. The van der Waals surface area contributed by atoms with Crippen LogP contribution in [0.15, 0.2) is 45.7 Å². The first-order chi connectivity index (χ1) is 12.3. The molecule has 0 aliphatic rings. The van der Waals surface area contributed by atoms with Crippen LogP contribution in [0.4, 0.5) is 0 Å². The van der Waals surface area contributed by atoms with Gasteiger partial charge in [0.25, 0.3) is 11.1 Å². The lowest BCUT2D eigenvalue weighted by Gasteiger charge is -2.21. The van der Waals surface area contributed by atoms with Crippen LogP contribution in [0.1, 0.15) is 20.8 Å². The molecular formula is C17H20N6O2S. The highest BCUT2D eigenvalue weighted by molar-refractivity contribution is 7.98. The molecule has 3 heterocycles. The van der Waals surface area contributed by atoms with Crippen molar-refractivity contribution in [1.82, 2.24) is 29.1 Å². The molecule has 0 aliphatic carbocycles. The van der Waals surface area contributed by atoms with E-state index in [1.54, 1.807) is 16.8 Å². The van der Waals surface area contributed by atoms with Gasteiger partial charge in [0.15, 0.2) is 16.6 Å². The third-order valence-electron chi connectivity index (χ3n) is 3.78. The summed E-state index contributed by atoms with van der Waals surface area (Å²) in [6.45, 7) is 9.67. The lowest BCUT2D eigenvalue weighted by Crippen LogP contribution is -2.36. The summed E-state index contributed by atoms with van der Waals surface area (Å²) in [5.41, 5.74) is -0.501. The number of nitrogens with zero attached hydrogens (tertiary/aromatic N) is 6. The molecule has 9 heteroatoms. The van der Waals surface area contributed by atoms with Crippen molar-refractivity contribution in [3.63, 3.8) is 0 Å². The third-order valence-corrected chi connectivity index (χ3v) is 4.34. The summed E-state index contributed by atoms with van der Waals surface area (Å²) in [4.78, 5) is 33.6. The van der Waals surface area contributed by atoms with Crippen molar-refractivity contribution >= 4 is 22.8 Å². The molecule has 0 aliphatic heterocycles. The van der Waals surface area contributed by atoms with Crippen LogP contribution in [-0.2, 0) is 12.1 Å². The first kappa shape index (κ1) is 18.1. The summed E-state index contributed by atoms with van der Waals surface area (Å²) in [5.74, 6) is 0.430. The zero-order chi connectivity index (χ0) is 19.1. The normalized spacial score (nSPS) is 11.8. The fourth-order valence-electron chi connectivity index (χ4n) is 2.63. The fourth-order valence-corrected chi connectivity index (χ4v) is 2.96. The van der Waals surface area contributed by atoms with E-state index in [2.05, 4.69) is 21.6 Å². The Labute approximate surface area is 154 Å². The largest absolute Gasteiger partial charge is 0.278 e. The molecule has 0 bridgehead atoms. The molecule has 136 valence electrons. The van der Waals surface area contributed by atoms with Crippen molar-refractivity contribution in [3.05, 3.63) is 51.7 Å². The molecule has 0 fully saturated rings. The Balaban J connectivity index is 2.40. The van der Waals surface area contributed by atoms with Crippen LogP contribution in [0.25, 0.3) is 16.9 Å². The average molecular weight is 372 g/mol. The average Bonchev–Trinajstić information content (AvgIpc) is 2.86. The Hall–Kier alpha value is -2.68. The Morgan fingerprint density at radius 2 is 2.00 bits per heavy atom. The highest BCUT2D eigenvalue weighted by atomic mass is 32.2. The minimum Gasteiger partial charge on any atom is -0.268 e. The molecule has 3 rings (SSSR count). The van der Waals surface area contributed by atoms with E-state index in [9.17, 15) is 9.59 Å². The van der Waals surface area contributed by atoms with E-state index >= 15 is 0 Å². The van der Waals surface area contributed by atoms with Gasteiger partial charge in [-0.3, -0.25) is 9.59 Å². The summed E-state index contributed by atoms with van der Waals surface area (Å²) in [7, 11) is 0. The zero-order valence-electron chi connectivity index (χ0n) is 15.1. The van der Waals surface area contributed by atoms with Crippen molar-refractivity contribution in [2.75, 3.05) is 6.26 Å². The molecule has 8 nitrogen and oxygen atoms in total. The first-order valence-electron chi connectivity index (χ1n) is 8.02. The van der Waals surface area contributed by atoms with Gasteiger partial charge in [0, 0.05) is 12.3 Å². The summed E-state index contributed by atoms with van der Waals surface area (Å²) in [6.07, 6.45) is 5.01. The van der Waals surface area contributed by atoms with Crippen molar-refractivity contribution in [3.8, 4) is 5.82 Å². The van der Waals surface area contributed by atoms with Crippen molar-refractivity contribution < 1.29 is 0 Å². The van der Waals surface area contributed by atoms with Gasteiger partial charge in [-0.2, -0.15) is 0 Å². The lowest BCUT2D eigenvalue weighted by atomic mass is 10.1. The molecule has 0 N–H and O–H groups in total. The van der Waals surface area contributed by atoms with E-state index in [4.69, 9.17) is 0 Å². The highest BCUT2D eigenvalue weighted by Gasteiger charge is 2.21. The molecule has 0 saturated heterocycles. The van der Waals surface area contributed by atoms with E-state index in [-0.39, 0.29) is 17.7 Å². The number of rotatable bonds is 4. The maximum atomic E-state index is 12.8. The van der Waals surface area contributed by atoms with Crippen LogP contribution in [0, 0.1) is 0 Å². The summed E-state index contributed by atoms with van der Waals surface area (Å²) >= 11 is 1.38. The van der Waals surface area contributed by atoms with Gasteiger partial charge in [0.1, 0.15) is 5.39 Å². The number of allylic oxidation sites excluding steroid dienone is 1. The van der Waals surface area contributed by atoms with E-state index in [1.165, 1.54) is 33.4 Å². The van der Waals surface area contributed by atoms with E-state index in [1.807, 2.05) is 27.0 Å². The van der Waals surface area contributed by atoms with Gasteiger partial charge >= 0.3 is 0 Å². The van der Waals surface area contributed by atoms with Crippen LogP contribution in [0.2, 0.25) is 0 Å². The topological polar surface area (TPSA) is 87.6 Å². The van der Waals surface area contributed by atoms with Crippen molar-refractivity contribution in [2.45, 2.75) is 38.0 Å². The Kier molecular flexibility index (Phi) is 4.57. The van der Waals surface area contributed by atoms with Gasteiger partial charge in [0.2, 0.25) is 0 Å². The van der Waals surface area contributed by atoms with Gasteiger partial charge < -0.3 is 0 Å². The predicted octanol–water partition coefficient (Wildman–Crippen LogP) is 1.80. The molecular weight excluding hydrogens is 352 g/mol. The molecule has 0 atom stereocenters. The lowest BCUT2D eigenvalue weighted by molar-refractivity contribution is 0.334. The number of hydrogen-bond acceptors (Lipinski definition) is 6. The molecule has 0 aromatic carbocycles. The first-order valence-corrected chi connectivity index (χ1v) is 9.25. The van der Waals surface area contributed by atoms with Gasteiger partial charge in [-0.15, -0.1) is 11.7 Å². The molecule has 0 radical (unpaired) electrons. The Bertz CT molecular complexity index is 1100. The van der Waals surface area contributed by atoms with Gasteiger partial charge in [-0.05, 0) is 33.1 Å². The van der Waals surface area contributed by atoms with E-state index in [0.29, 0.717) is 22.0 Å². The molecule has 0 amide bonds. The second kappa shape index (κ2) is 6.56. The molecule has 3 aromatic heterocycles. The van der Waals surface area contributed by atoms with Gasteiger partial charge in [-0.25, -0.2) is 24.0 Å². The number of aromatic nitrogens is 6. The summed E-state index contributed by atoms with van der Waals surface area (Å²) < 4.78 is 4.49. The fraction of sp³-hybridized carbons (Fsp3) is 0.353. The molecule has 0 saturated carbocycles. The minimum absolute atomic E-state index is 0.213. The van der Waals surface area contributed by atoms with Crippen molar-refractivity contribution in [2.24, 2.45) is 0 Å². The number of fused-ring (bicyclic) bond motifs is 1. The van der Waals surface area contributed by atoms with E-state index < -0.39 is 5.54 Å². The summed E-state index contributed by atoms with van der Waals surface area (Å²) in [6, 6.07) is 3.03. The molecule has 3 aromatic rings. The molecule has 0 unspecified atom stereocenters. The number of hydrogen-bond donors (Lipinski definition) is 0. The Morgan fingerprint density at radius 1 is 1.27 bits per heavy atom. The van der Waals surface area contributed by atoms with Crippen LogP contribution >= 0.6 is 11.8 Å². The van der Waals surface area contributed by atoms with Crippen LogP contribution in [-0.4, -0.2) is 35.4 Å². The van der Waals surface area contributed by atoms with E-state index in [0.717, 1.165) is 0 Å². The minimum atomic E-state index is -0.501. The SMILES string of the molecule is C=CCn1c(=O)c2cnc(SC)nc2n1-c1ccc(=O)n(C(C)(C)C)n1. The zero-order valence-corrected chi connectivity index (χ0v) is 15.9.